The Kier molecular flexibility index (Phi) is 4.47. The number of hydrogen-bond donors (Lipinski definition) is 0. The monoisotopic (exact) mass is 274 g/mol. The summed E-state index contributed by atoms with van der Waals surface area (Å²) in [7, 11) is 5.33. The number of imidazole rings is 1. The number of ether oxygens (including phenoxy) is 1. The highest BCUT2D eigenvalue weighted by Gasteiger charge is 2.08. The van der Waals surface area contributed by atoms with Crippen molar-refractivity contribution in [3.8, 4) is 0 Å². The number of carbonyl (C=O) groups is 1. The Labute approximate surface area is 118 Å². The second-order valence-corrected chi connectivity index (χ2v) is 4.66. The molecule has 0 radical (unpaired) electrons. The van der Waals surface area contributed by atoms with Crippen molar-refractivity contribution in [2.75, 3.05) is 14.2 Å². The zero-order valence-electron chi connectivity index (χ0n) is 11.9. The van der Waals surface area contributed by atoms with E-state index in [2.05, 4.69) is 19.6 Å². The number of nitrogens with zero attached hydrogens (tertiary/aromatic N) is 4. The summed E-state index contributed by atoms with van der Waals surface area (Å²) >= 11 is 0. The highest BCUT2D eigenvalue weighted by atomic mass is 16.5. The second-order valence-electron chi connectivity index (χ2n) is 4.66. The van der Waals surface area contributed by atoms with E-state index in [-0.39, 0.29) is 5.97 Å². The summed E-state index contributed by atoms with van der Waals surface area (Å²) in [5, 5.41) is 0. The maximum atomic E-state index is 11.3. The molecule has 106 valence electrons. The van der Waals surface area contributed by atoms with E-state index in [0.717, 1.165) is 18.1 Å². The molecule has 0 aliphatic rings. The summed E-state index contributed by atoms with van der Waals surface area (Å²) in [6.45, 7) is 1.43. The molecule has 0 amide bonds. The molecule has 20 heavy (non-hydrogen) atoms. The van der Waals surface area contributed by atoms with E-state index in [1.54, 1.807) is 12.3 Å². The zero-order chi connectivity index (χ0) is 14.5. The molecule has 0 bridgehead atoms. The summed E-state index contributed by atoms with van der Waals surface area (Å²) in [5.74, 6) is 0.629. The van der Waals surface area contributed by atoms with Crippen LogP contribution in [-0.4, -0.2) is 39.6 Å². The standard InChI is InChI=1S/C14H18N4O2/c1-17(10-13-15-6-7-18(13)2)9-12-5-4-11(8-16-12)14(19)20-3/h4-8H,9-10H2,1-3H3. The number of esters is 1. The van der Waals surface area contributed by atoms with Crippen LogP contribution in [0.4, 0.5) is 0 Å². The molecule has 2 aromatic rings. The molecular weight excluding hydrogens is 256 g/mol. The van der Waals surface area contributed by atoms with Gasteiger partial charge in [0.2, 0.25) is 0 Å². The van der Waals surface area contributed by atoms with Gasteiger partial charge in [-0.3, -0.25) is 9.88 Å². The number of aryl methyl sites for hydroxylation is 1. The van der Waals surface area contributed by atoms with Gasteiger partial charge in [-0.15, -0.1) is 0 Å². The van der Waals surface area contributed by atoms with Crippen molar-refractivity contribution in [3.05, 3.63) is 47.8 Å². The predicted molar refractivity (Wildman–Crippen MR) is 74.0 cm³/mol. The highest BCUT2D eigenvalue weighted by Crippen LogP contribution is 2.06. The Bertz CT molecular complexity index is 577. The Morgan fingerprint density at radius 1 is 1.35 bits per heavy atom. The lowest BCUT2D eigenvalue weighted by Gasteiger charge is -2.15. The van der Waals surface area contributed by atoms with E-state index in [0.29, 0.717) is 12.1 Å². The van der Waals surface area contributed by atoms with E-state index < -0.39 is 0 Å². The van der Waals surface area contributed by atoms with Gasteiger partial charge in [0.05, 0.1) is 24.9 Å². The molecule has 0 fully saturated rings. The van der Waals surface area contributed by atoms with E-state index in [9.17, 15) is 4.79 Å². The Hall–Kier alpha value is -2.21. The van der Waals surface area contributed by atoms with Crippen molar-refractivity contribution in [1.82, 2.24) is 19.4 Å². The first-order valence-corrected chi connectivity index (χ1v) is 6.28. The first kappa shape index (κ1) is 14.2. The van der Waals surface area contributed by atoms with Gasteiger partial charge in [0.25, 0.3) is 0 Å². The molecule has 2 aromatic heterocycles. The third-order valence-electron chi connectivity index (χ3n) is 3.01. The summed E-state index contributed by atoms with van der Waals surface area (Å²) in [4.78, 5) is 22.0. The molecular formula is C14H18N4O2. The van der Waals surface area contributed by atoms with Crippen LogP contribution in [-0.2, 0) is 24.9 Å². The van der Waals surface area contributed by atoms with Gasteiger partial charge in [-0.2, -0.15) is 0 Å². The quantitative estimate of drug-likeness (QED) is 0.768. The van der Waals surface area contributed by atoms with Gasteiger partial charge in [0.1, 0.15) is 5.82 Å². The fraction of sp³-hybridized carbons (Fsp3) is 0.357. The van der Waals surface area contributed by atoms with Gasteiger partial charge in [-0.05, 0) is 19.2 Å². The molecule has 0 aliphatic heterocycles. The minimum absolute atomic E-state index is 0.370. The Morgan fingerprint density at radius 3 is 2.70 bits per heavy atom. The summed E-state index contributed by atoms with van der Waals surface area (Å²) in [6, 6.07) is 3.56. The summed E-state index contributed by atoms with van der Waals surface area (Å²) < 4.78 is 6.63. The number of rotatable bonds is 5. The minimum Gasteiger partial charge on any atom is -0.465 e. The fourth-order valence-electron chi connectivity index (χ4n) is 1.88. The number of carbonyl (C=O) groups excluding carboxylic acids is 1. The first-order valence-electron chi connectivity index (χ1n) is 6.28. The van der Waals surface area contributed by atoms with Crippen LogP contribution < -0.4 is 0 Å². The maximum Gasteiger partial charge on any atom is 0.339 e. The van der Waals surface area contributed by atoms with Crippen molar-refractivity contribution in [2.45, 2.75) is 13.1 Å². The van der Waals surface area contributed by atoms with Gasteiger partial charge in [0.15, 0.2) is 0 Å². The topological polar surface area (TPSA) is 60.2 Å². The van der Waals surface area contributed by atoms with Crippen molar-refractivity contribution in [2.24, 2.45) is 7.05 Å². The van der Waals surface area contributed by atoms with Crippen molar-refractivity contribution < 1.29 is 9.53 Å². The molecule has 0 atom stereocenters. The Morgan fingerprint density at radius 2 is 2.15 bits per heavy atom. The van der Waals surface area contributed by atoms with Crippen LogP contribution in [0.2, 0.25) is 0 Å². The summed E-state index contributed by atoms with van der Waals surface area (Å²) in [5.41, 5.74) is 1.36. The molecule has 6 heteroatoms. The largest absolute Gasteiger partial charge is 0.465 e. The average Bonchev–Trinajstić information content (AvgIpc) is 2.84. The van der Waals surface area contributed by atoms with Gasteiger partial charge in [0, 0.05) is 32.2 Å². The van der Waals surface area contributed by atoms with Crippen LogP contribution in [0.5, 0.6) is 0 Å². The molecule has 0 N–H and O–H groups in total. The molecule has 2 heterocycles. The van der Waals surface area contributed by atoms with Crippen LogP contribution >= 0.6 is 0 Å². The number of pyridine rings is 1. The van der Waals surface area contributed by atoms with Crippen molar-refractivity contribution >= 4 is 5.97 Å². The average molecular weight is 274 g/mol. The molecule has 0 unspecified atom stereocenters. The molecule has 0 saturated carbocycles. The van der Waals surface area contributed by atoms with E-state index >= 15 is 0 Å². The molecule has 0 aliphatic carbocycles. The zero-order valence-corrected chi connectivity index (χ0v) is 11.9. The van der Waals surface area contributed by atoms with Crippen molar-refractivity contribution in [3.63, 3.8) is 0 Å². The molecule has 6 nitrogen and oxygen atoms in total. The van der Waals surface area contributed by atoms with E-state index in [4.69, 9.17) is 0 Å². The lowest BCUT2D eigenvalue weighted by Crippen LogP contribution is -2.20. The molecule has 2 rings (SSSR count). The second kappa shape index (κ2) is 6.29. The van der Waals surface area contributed by atoms with Gasteiger partial charge in [-0.1, -0.05) is 0 Å². The highest BCUT2D eigenvalue weighted by molar-refractivity contribution is 5.88. The van der Waals surface area contributed by atoms with Gasteiger partial charge >= 0.3 is 5.97 Å². The number of aromatic nitrogens is 3. The maximum absolute atomic E-state index is 11.3. The third-order valence-corrected chi connectivity index (χ3v) is 3.01. The van der Waals surface area contributed by atoms with E-state index in [1.165, 1.54) is 13.3 Å². The smallest absolute Gasteiger partial charge is 0.339 e. The van der Waals surface area contributed by atoms with Crippen LogP contribution in [0.1, 0.15) is 21.9 Å². The number of hydrogen-bond acceptors (Lipinski definition) is 5. The van der Waals surface area contributed by atoms with Crippen LogP contribution in [0.15, 0.2) is 30.7 Å². The van der Waals surface area contributed by atoms with Crippen LogP contribution in [0.25, 0.3) is 0 Å². The Balaban J connectivity index is 1.96. The molecule has 0 aromatic carbocycles. The van der Waals surface area contributed by atoms with Gasteiger partial charge < -0.3 is 9.30 Å². The SMILES string of the molecule is COC(=O)c1ccc(CN(C)Cc2nccn2C)nc1. The third kappa shape index (κ3) is 3.42. The van der Waals surface area contributed by atoms with Gasteiger partial charge in [-0.25, -0.2) is 9.78 Å². The lowest BCUT2D eigenvalue weighted by molar-refractivity contribution is 0.0600. The predicted octanol–water partition coefficient (Wildman–Crippen LogP) is 1.23. The normalized spacial score (nSPS) is 10.8. The molecule has 0 spiro atoms. The van der Waals surface area contributed by atoms with Crippen LogP contribution in [0, 0.1) is 0 Å². The fourth-order valence-corrected chi connectivity index (χ4v) is 1.88. The lowest BCUT2D eigenvalue weighted by atomic mass is 10.2. The van der Waals surface area contributed by atoms with Crippen LogP contribution in [0.3, 0.4) is 0 Å². The number of methoxy groups -OCH3 is 1. The molecule has 0 saturated heterocycles. The minimum atomic E-state index is -0.370. The van der Waals surface area contributed by atoms with E-state index in [1.807, 2.05) is 30.9 Å². The summed E-state index contributed by atoms with van der Waals surface area (Å²) in [6.07, 6.45) is 5.24. The first-order chi connectivity index (χ1) is 9.60. The van der Waals surface area contributed by atoms with Crippen molar-refractivity contribution in [1.29, 1.82) is 0 Å².